The lowest BCUT2D eigenvalue weighted by Crippen LogP contribution is -2.13. The van der Waals surface area contributed by atoms with Gasteiger partial charge in [-0.15, -0.1) is 0 Å². The minimum absolute atomic E-state index is 0.254. The van der Waals surface area contributed by atoms with Gasteiger partial charge < -0.3 is 10.1 Å². The van der Waals surface area contributed by atoms with E-state index in [9.17, 15) is 9.18 Å². The smallest absolute Gasteiger partial charge is 0.256 e. The van der Waals surface area contributed by atoms with Gasteiger partial charge in [-0.1, -0.05) is 24.3 Å². The van der Waals surface area contributed by atoms with E-state index in [2.05, 4.69) is 10.3 Å². The van der Waals surface area contributed by atoms with Crippen LogP contribution in [-0.4, -0.2) is 18.0 Å². The molecule has 0 aliphatic carbocycles. The zero-order chi connectivity index (χ0) is 19.5. The summed E-state index contributed by atoms with van der Waals surface area (Å²) in [5, 5.41) is 3.65. The summed E-state index contributed by atoms with van der Waals surface area (Å²) in [5.41, 5.74) is 3.17. The summed E-state index contributed by atoms with van der Waals surface area (Å²) >= 11 is 0. The van der Waals surface area contributed by atoms with Crippen molar-refractivity contribution in [3.8, 4) is 17.0 Å². The first-order chi connectivity index (χ1) is 13.6. The number of hydrogen-bond acceptors (Lipinski definition) is 3. The molecule has 1 heterocycles. The van der Waals surface area contributed by atoms with E-state index in [1.807, 2.05) is 36.4 Å². The largest absolute Gasteiger partial charge is 0.497 e. The predicted molar refractivity (Wildman–Crippen MR) is 108 cm³/mol. The maximum absolute atomic E-state index is 13.3. The van der Waals surface area contributed by atoms with Crippen molar-refractivity contribution in [2.45, 2.75) is 0 Å². The maximum atomic E-state index is 13.3. The fourth-order valence-corrected chi connectivity index (χ4v) is 3.03. The minimum atomic E-state index is -0.319. The van der Waals surface area contributed by atoms with E-state index in [0.29, 0.717) is 28.2 Å². The average Bonchev–Trinajstić information content (AvgIpc) is 2.73. The summed E-state index contributed by atoms with van der Waals surface area (Å²) < 4.78 is 18.5. The molecule has 0 saturated heterocycles. The molecule has 0 atom stereocenters. The highest BCUT2D eigenvalue weighted by atomic mass is 19.1. The summed E-state index contributed by atoms with van der Waals surface area (Å²) in [4.78, 5) is 17.7. The van der Waals surface area contributed by atoms with Gasteiger partial charge >= 0.3 is 0 Å². The van der Waals surface area contributed by atoms with Gasteiger partial charge in [-0.3, -0.25) is 4.79 Å². The predicted octanol–water partition coefficient (Wildman–Crippen LogP) is 5.30. The van der Waals surface area contributed by atoms with Crippen molar-refractivity contribution in [2.24, 2.45) is 0 Å². The van der Waals surface area contributed by atoms with Gasteiger partial charge in [-0.25, -0.2) is 9.37 Å². The molecule has 4 nitrogen and oxygen atoms in total. The Hall–Kier alpha value is -3.73. The zero-order valence-electron chi connectivity index (χ0n) is 15.1. The molecule has 138 valence electrons. The first-order valence-corrected chi connectivity index (χ1v) is 8.75. The zero-order valence-corrected chi connectivity index (χ0v) is 15.1. The van der Waals surface area contributed by atoms with Crippen molar-refractivity contribution in [3.05, 3.63) is 90.2 Å². The fourth-order valence-electron chi connectivity index (χ4n) is 3.03. The molecule has 28 heavy (non-hydrogen) atoms. The van der Waals surface area contributed by atoms with Crippen molar-refractivity contribution in [1.82, 2.24) is 4.98 Å². The number of halogens is 1. The second kappa shape index (κ2) is 7.48. The molecule has 4 rings (SSSR count). The lowest BCUT2D eigenvalue weighted by Gasteiger charge is -2.11. The van der Waals surface area contributed by atoms with Gasteiger partial charge in [-0.05, 0) is 48.5 Å². The number of anilines is 1. The number of carbonyl (C=O) groups is 1. The number of methoxy groups -OCH3 is 1. The average molecular weight is 372 g/mol. The van der Waals surface area contributed by atoms with Crippen LogP contribution in [0, 0.1) is 5.82 Å². The molecule has 0 aliphatic heterocycles. The molecule has 0 radical (unpaired) electrons. The number of ether oxygens (including phenoxy) is 1. The quantitative estimate of drug-likeness (QED) is 0.529. The van der Waals surface area contributed by atoms with Gasteiger partial charge in [0.1, 0.15) is 11.6 Å². The molecular weight excluding hydrogens is 355 g/mol. The molecule has 3 aromatic carbocycles. The number of para-hydroxylation sites is 1. The fraction of sp³-hybridized carbons (Fsp3) is 0.0435. The van der Waals surface area contributed by atoms with Crippen LogP contribution in [0.1, 0.15) is 10.4 Å². The Bertz CT molecular complexity index is 1160. The summed E-state index contributed by atoms with van der Waals surface area (Å²) in [6, 6.07) is 22.4. The van der Waals surface area contributed by atoms with Crippen LogP contribution in [0.4, 0.5) is 10.1 Å². The standard InChI is InChI=1S/C23H17FN2O2/c1-28-18-6-4-5-17(13-18)25-23(27)20-14-22(15-9-11-16(24)12-10-15)26-21-8-3-2-7-19(20)21/h2-14H,1H3,(H,25,27). The summed E-state index contributed by atoms with van der Waals surface area (Å²) in [6.45, 7) is 0. The Kier molecular flexibility index (Phi) is 4.72. The van der Waals surface area contributed by atoms with E-state index in [4.69, 9.17) is 4.74 Å². The van der Waals surface area contributed by atoms with Gasteiger partial charge in [0.2, 0.25) is 0 Å². The van der Waals surface area contributed by atoms with Crippen molar-refractivity contribution in [3.63, 3.8) is 0 Å². The highest BCUT2D eigenvalue weighted by Gasteiger charge is 2.14. The highest BCUT2D eigenvalue weighted by molar-refractivity contribution is 6.13. The number of nitrogens with zero attached hydrogens (tertiary/aromatic N) is 1. The molecule has 4 aromatic rings. The Labute approximate surface area is 161 Å². The number of carbonyl (C=O) groups excluding carboxylic acids is 1. The van der Waals surface area contributed by atoms with Gasteiger partial charge in [0, 0.05) is 22.7 Å². The number of nitrogens with one attached hydrogen (secondary N) is 1. The molecule has 0 unspecified atom stereocenters. The molecule has 0 saturated carbocycles. The van der Waals surface area contributed by atoms with Crippen LogP contribution in [0.15, 0.2) is 78.9 Å². The number of hydrogen-bond donors (Lipinski definition) is 1. The molecular formula is C23H17FN2O2. The van der Waals surface area contributed by atoms with E-state index < -0.39 is 0 Å². The third kappa shape index (κ3) is 3.55. The SMILES string of the molecule is COc1cccc(NC(=O)c2cc(-c3ccc(F)cc3)nc3ccccc23)c1. The van der Waals surface area contributed by atoms with Crippen molar-refractivity contribution in [1.29, 1.82) is 0 Å². The molecule has 1 amide bonds. The summed E-state index contributed by atoms with van der Waals surface area (Å²) in [7, 11) is 1.58. The van der Waals surface area contributed by atoms with Gasteiger partial charge in [0.15, 0.2) is 0 Å². The summed E-state index contributed by atoms with van der Waals surface area (Å²) in [6.07, 6.45) is 0. The highest BCUT2D eigenvalue weighted by Crippen LogP contribution is 2.26. The lowest BCUT2D eigenvalue weighted by molar-refractivity contribution is 0.102. The normalized spacial score (nSPS) is 10.6. The van der Waals surface area contributed by atoms with Crippen molar-refractivity contribution >= 4 is 22.5 Å². The summed E-state index contributed by atoms with van der Waals surface area (Å²) in [5.74, 6) is 0.0835. The number of aromatic nitrogens is 1. The van der Waals surface area contributed by atoms with Crippen LogP contribution in [-0.2, 0) is 0 Å². The first kappa shape index (κ1) is 17.7. The van der Waals surface area contributed by atoms with E-state index >= 15 is 0 Å². The van der Waals surface area contributed by atoms with Crippen LogP contribution in [0.3, 0.4) is 0 Å². The van der Waals surface area contributed by atoms with Crippen molar-refractivity contribution in [2.75, 3.05) is 12.4 Å². The molecule has 0 fully saturated rings. The Morgan fingerprint density at radius 3 is 2.54 bits per heavy atom. The Balaban J connectivity index is 1.78. The van der Waals surface area contributed by atoms with Crippen LogP contribution in [0.25, 0.3) is 22.2 Å². The third-order valence-corrected chi connectivity index (χ3v) is 4.43. The number of pyridine rings is 1. The number of rotatable bonds is 4. The minimum Gasteiger partial charge on any atom is -0.497 e. The third-order valence-electron chi connectivity index (χ3n) is 4.43. The lowest BCUT2D eigenvalue weighted by atomic mass is 10.0. The second-order valence-corrected chi connectivity index (χ2v) is 6.27. The van der Waals surface area contributed by atoms with Crippen molar-refractivity contribution < 1.29 is 13.9 Å². The first-order valence-electron chi connectivity index (χ1n) is 8.75. The van der Waals surface area contributed by atoms with E-state index in [-0.39, 0.29) is 11.7 Å². The van der Waals surface area contributed by atoms with Gasteiger partial charge in [0.25, 0.3) is 5.91 Å². The van der Waals surface area contributed by atoms with Crippen LogP contribution < -0.4 is 10.1 Å². The molecule has 0 bridgehead atoms. The van der Waals surface area contributed by atoms with Gasteiger partial charge in [-0.2, -0.15) is 0 Å². The Morgan fingerprint density at radius 2 is 1.75 bits per heavy atom. The van der Waals surface area contributed by atoms with Crippen LogP contribution in [0.2, 0.25) is 0 Å². The van der Waals surface area contributed by atoms with Gasteiger partial charge in [0.05, 0.1) is 23.9 Å². The van der Waals surface area contributed by atoms with E-state index in [1.165, 1.54) is 12.1 Å². The molecule has 1 N–H and O–H groups in total. The number of amides is 1. The number of fused-ring (bicyclic) bond motifs is 1. The molecule has 5 heteroatoms. The monoisotopic (exact) mass is 372 g/mol. The van der Waals surface area contributed by atoms with Crippen LogP contribution in [0.5, 0.6) is 5.75 Å². The Morgan fingerprint density at radius 1 is 0.964 bits per heavy atom. The van der Waals surface area contributed by atoms with E-state index in [0.717, 1.165) is 10.9 Å². The topological polar surface area (TPSA) is 51.2 Å². The second-order valence-electron chi connectivity index (χ2n) is 6.27. The van der Waals surface area contributed by atoms with E-state index in [1.54, 1.807) is 37.4 Å². The molecule has 0 aliphatic rings. The van der Waals surface area contributed by atoms with Crippen LogP contribution >= 0.6 is 0 Å². The molecule has 1 aromatic heterocycles. The molecule has 0 spiro atoms. The number of benzene rings is 3. The maximum Gasteiger partial charge on any atom is 0.256 e.